The fourth-order valence-corrected chi connectivity index (χ4v) is 3.06. The molecule has 0 unspecified atom stereocenters. The van der Waals surface area contributed by atoms with E-state index in [-0.39, 0.29) is 0 Å². The molecule has 0 bridgehead atoms. The lowest BCUT2D eigenvalue weighted by molar-refractivity contribution is 0.297. The maximum atomic E-state index is 5.73. The highest BCUT2D eigenvalue weighted by Crippen LogP contribution is 2.32. The van der Waals surface area contributed by atoms with Gasteiger partial charge in [0.1, 0.15) is 5.82 Å². The van der Waals surface area contributed by atoms with Gasteiger partial charge in [0.15, 0.2) is 23.3 Å². The van der Waals surface area contributed by atoms with Crippen LogP contribution >= 0.6 is 0 Å². The second kappa shape index (κ2) is 7.00. The number of guanidine groups is 1. The molecule has 2 aliphatic heterocycles. The Hall–Kier alpha value is -2.77. The van der Waals surface area contributed by atoms with Crippen LogP contribution in [0.1, 0.15) is 24.5 Å². The van der Waals surface area contributed by atoms with Crippen LogP contribution in [-0.4, -0.2) is 41.0 Å². The van der Waals surface area contributed by atoms with Crippen molar-refractivity contribution in [1.82, 2.24) is 20.1 Å². The van der Waals surface area contributed by atoms with E-state index >= 15 is 0 Å². The standard InChI is InChI=1S/C17H22N6O2/c1-18-17(19-11-16-22-21-15-4-2-7-23(15)16)20-12-5-6-13-14(10-12)25-9-3-8-24-13/h5-6,10H,2-4,7-9,11H2,1H3,(H2,18,19,20). The number of benzene rings is 1. The minimum Gasteiger partial charge on any atom is -0.490 e. The first-order chi connectivity index (χ1) is 12.3. The summed E-state index contributed by atoms with van der Waals surface area (Å²) in [4.78, 5) is 4.27. The Morgan fingerprint density at radius 3 is 2.96 bits per heavy atom. The van der Waals surface area contributed by atoms with Crippen molar-refractivity contribution in [2.45, 2.75) is 32.4 Å². The van der Waals surface area contributed by atoms with Crippen molar-refractivity contribution in [1.29, 1.82) is 0 Å². The number of anilines is 1. The Bertz CT molecular complexity index is 785. The molecule has 25 heavy (non-hydrogen) atoms. The predicted molar refractivity (Wildman–Crippen MR) is 94.2 cm³/mol. The monoisotopic (exact) mass is 342 g/mol. The molecule has 0 aliphatic carbocycles. The lowest BCUT2D eigenvalue weighted by Crippen LogP contribution is -2.31. The average molecular weight is 342 g/mol. The molecule has 0 atom stereocenters. The van der Waals surface area contributed by atoms with Gasteiger partial charge in [-0.05, 0) is 18.6 Å². The van der Waals surface area contributed by atoms with Crippen LogP contribution in [0.4, 0.5) is 5.69 Å². The number of aryl methyl sites for hydroxylation is 1. The Morgan fingerprint density at radius 1 is 1.20 bits per heavy atom. The van der Waals surface area contributed by atoms with Crippen molar-refractivity contribution >= 4 is 11.6 Å². The van der Waals surface area contributed by atoms with Crippen molar-refractivity contribution in [3.8, 4) is 11.5 Å². The lowest BCUT2D eigenvalue weighted by Gasteiger charge is -2.14. The number of hydrogen-bond donors (Lipinski definition) is 2. The van der Waals surface area contributed by atoms with Crippen LogP contribution < -0.4 is 20.1 Å². The highest BCUT2D eigenvalue weighted by molar-refractivity contribution is 5.93. The van der Waals surface area contributed by atoms with Gasteiger partial charge in [0.25, 0.3) is 0 Å². The van der Waals surface area contributed by atoms with E-state index in [0.29, 0.717) is 25.7 Å². The van der Waals surface area contributed by atoms with Crippen LogP contribution in [0.25, 0.3) is 0 Å². The van der Waals surface area contributed by atoms with Gasteiger partial charge in [-0.3, -0.25) is 4.99 Å². The van der Waals surface area contributed by atoms with Crippen LogP contribution in [0.2, 0.25) is 0 Å². The first-order valence-corrected chi connectivity index (χ1v) is 8.62. The largest absolute Gasteiger partial charge is 0.490 e. The van der Waals surface area contributed by atoms with Gasteiger partial charge in [0.2, 0.25) is 0 Å². The summed E-state index contributed by atoms with van der Waals surface area (Å²) >= 11 is 0. The van der Waals surface area contributed by atoms with Crippen LogP contribution in [0, 0.1) is 0 Å². The fraction of sp³-hybridized carbons (Fsp3) is 0.471. The maximum absolute atomic E-state index is 5.73. The van der Waals surface area contributed by atoms with Crippen molar-refractivity contribution < 1.29 is 9.47 Å². The predicted octanol–water partition coefficient (Wildman–Crippen LogP) is 1.57. The average Bonchev–Trinajstić information content (AvgIpc) is 3.16. The highest BCUT2D eigenvalue weighted by atomic mass is 16.5. The van der Waals surface area contributed by atoms with Gasteiger partial charge < -0.3 is 24.7 Å². The molecular formula is C17H22N6O2. The third-order valence-electron chi connectivity index (χ3n) is 4.33. The summed E-state index contributed by atoms with van der Waals surface area (Å²) in [5.41, 5.74) is 0.892. The molecule has 3 heterocycles. The van der Waals surface area contributed by atoms with Gasteiger partial charge in [-0.25, -0.2) is 0 Å². The number of hydrogen-bond acceptors (Lipinski definition) is 5. The van der Waals surface area contributed by atoms with Crippen molar-refractivity contribution in [2.75, 3.05) is 25.6 Å². The van der Waals surface area contributed by atoms with Gasteiger partial charge in [-0.1, -0.05) is 0 Å². The molecule has 2 N–H and O–H groups in total. The van der Waals surface area contributed by atoms with Crippen LogP contribution in [0.3, 0.4) is 0 Å². The number of nitrogens with zero attached hydrogens (tertiary/aromatic N) is 4. The van der Waals surface area contributed by atoms with Gasteiger partial charge >= 0.3 is 0 Å². The third kappa shape index (κ3) is 3.38. The summed E-state index contributed by atoms with van der Waals surface area (Å²) in [6, 6.07) is 5.80. The molecule has 132 valence electrons. The van der Waals surface area contributed by atoms with E-state index in [9.17, 15) is 0 Å². The molecule has 2 aliphatic rings. The highest BCUT2D eigenvalue weighted by Gasteiger charge is 2.17. The summed E-state index contributed by atoms with van der Waals surface area (Å²) < 4.78 is 13.6. The number of fused-ring (bicyclic) bond motifs is 2. The summed E-state index contributed by atoms with van der Waals surface area (Å²) in [6.45, 7) is 2.93. The first-order valence-electron chi connectivity index (χ1n) is 8.62. The van der Waals surface area contributed by atoms with Crippen LogP contribution in [0.5, 0.6) is 11.5 Å². The van der Waals surface area contributed by atoms with E-state index in [4.69, 9.17) is 9.47 Å². The summed E-state index contributed by atoms with van der Waals surface area (Å²) in [7, 11) is 1.74. The van der Waals surface area contributed by atoms with Crippen molar-refractivity contribution in [3.05, 3.63) is 29.8 Å². The van der Waals surface area contributed by atoms with Crippen molar-refractivity contribution in [2.24, 2.45) is 4.99 Å². The number of ether oxygens (including phenoxy) is 2. The number of aromatic nitrogens is 3. The summed E-state index contributed by atoms with van der Waals surface area (Å²) in [5, 5.41) is 15.0. The fourth-order valence-electron chi connectivity index (χ4n) is 3.06. The molecule has 4 rings (SSSR count). The van der Waals surface area contributed by atoms with E-state index in [1.54, 1.807) is 7.05 Å². The lowest BCUT2D eigenvalue weighted by atomic mass is 10.3. The van der Waals surface area contributed by atoms with E-state index in [0.717, 1.165) is 54.6 Å². The zero-order chi connectivity index (χ0) is 17.1. The minimum atomic E-state index is 0.581. The smallest absolute Gasteiger partial charge is 0.195 e. The molecule has 1 aromatic heterocycles. The molecule has 0 saturated heterocycles. The molecule has 0 fully saturated rings. The van der Waals surface area contributed by atoms with Crippen molar-refractivity contribution in [3.63, 3.8) is 0 Å². The molecule has 8 nitrogen and oxygen atoms in total. The van der Waals surface area contributed by atoms with E-state index in [1.807, 2.05) is 18.2 Å². The van der Waals surface area contributed by atoms with Gasteiger partial charge in [-0.15, -0.1) is 10.2 Å². The normalized spacial score (nSPS) is 16.3. The number of rotatable bonds is 3. The molecule has 2 aromatic rings. The Balaban J connectivity index is 1.41. The Kier molecular flexibility index (Phi) is 4.41. The van der Waals surface area contributed by atoms with Gasteiger partial charge in [0, 0.05) is 38.2 Å². The molecule has 1 aromatic carbocycles. The zero-order valence-electron chi connectivity index (χ0n) is 14.3. The second-order valence-electron chi connectivity index (χ2n) is 6.05. The topological polar surface area (TPSA) is 85.6 Å². The Labute approximate surface area is 146 Å². The molecule has 0 saturated carbocycles. The first kappa shape index (κ1) is 15.7. The minimum absolute atomic E-state index is 0.581. The molecule has 0 spiro atoms. The quantitative estimate of drug-likeness (QED) is 0.651. The summed E-state index contributed by atoms with van der Waals surface area (Å²) in [5.74, 6) is 4.22. The van der Waals surface area contributed by atoms with E-state index in [2.05, 4.69) is 30.4 Å². The molecular weight excluding hydrogens is 320 g/mol. The zero-order valence-corrected chi connectivity index (χ0v) is 14.3. The van der Waals surface area contributed by atoms with Crippen LogP contribution in [-0.2, 0) is 19.5 Å². The van der Waals surface area contributed by atoms with E-state index < -0.39 is 0 Å². The third-order valence-corrected chi connectivity index (χ3v) is 4.33. The maximum Gasteiger partial charge on any atom is 0.195 e. The molecule has 8 heteroatoms. The van der Waals surface area contributed by atoms with Gasteiger partial charge in [0.05, 0.1) is 19.8 Å². The number of aliphatic imine (C=N–C) groups is 1. The summed E-state index contributed by atoms with van der Waals surface area (Å²) in [6.07, 6.45) is 3.04. The molecule has 0 radical (unpaired) electrons. The number of nitrogens with one attached hydrogen (secondary N) is 2. The Morgan fingerprint density at radius 2 is 2.08 bits per heavy atom. The van der Waals surface area contributed by atoms with E-state index in [1.165, 1.54) is 0 Å². The second-order valence-corrected chi connectivity index (χ2v) is 6.05. The SMILES string of the molecule is CN=C(NCc1nnc2n1CCC2)Nc1ccc2c(c1)OCCCO2. The molecule has 0 amide bonds. The van der Waals surface area contributed by atoms with Crippen LogP contribution in [0.15, 0.2) is 23.2 Å². The van der Waals surface area contributed by atoms with Gasteiger partial charge in [-0.2, -0.15) is 0 Å².